The highest BCUT2D eigenvalue weighted by Crippen LogP contribution is 2.38. The maximum Gasteiger partial charge on any atom is 0.253 e. The van der Waals surface area contributed by atoms with Gasteiger partial charge in [0.25, 0.3) is 5.91 Å². The lowest BCUT2D eigenvalue weighted by atomic mass is 10.0. The van der Waals surface area contributed by atoms with E-state index in [4.69, 9.17) is 4.11 Å². The standard InChI is InChI=1S/C22H21N7O2/c1-23-22(31)17-10-25-20(27-21(30)12-3-4-12)16-8-14(7-15(16)17)18-9-13(5-6-24-18)19-26-11-29(2)28-19/h5-7,9-12H,3-4,8H2,1-2H3,(H,23,31)(H,25,27,30)/i1D3. The van der Waals surface area contributed by atoms with E-state index in [9.17, 15) is 9.59 Å². The molecule has 3 heterocycles. The van der Waals surface area contributed by atoms with Gasteiger partial charge in [0.1, 0.15) is 12.1 Å². The van der Waals surface area contributed by atoms with E-state index in [1.807, 2.05) is 11.4 Å². The van der Waals surface area contributed by atoms with Crippen molar-refractivity contribution in [1.29, 1.82) is 0 Å². The molecule has 5 rings (SSSR count). The molecule has 1 saturated carbocycles. The highest BCUT2D eigenvalue weighted by molar-refractivity contribution is 6.04. The van der Waals surface area contributed by atoms with Crippen LogP contribution in [0.1, 0.15) is 44.1 Å². The number of carbonyl (C=O) groups is 2. The van der Waals surface area contributed by atoms with E-state index in [0.717, 1.165) is 24.0 Å². The maximum atomic E-state index is 12.7. The van der Waals surface area contributed by atoms with E-state index in [0.29, 0.717) is 34.9 Å². The monoisotopic (exact) mass is 418 g/mol. The zero-order valence-corrected chi connectivity index (χ0v) is 16.7. The van der Waals surface area contributed by atoms with E-state index < -0.39 is 12.9 Å². The van der Waals surface area contributed by atoms with Crippen molar-refractivity contribution in [3.05, 3.63) is 53.2 Å². The first-order valence-electron chi connectivity index (χ1n) is 11.4. The van der Waals surface area contributed by atoms with Crippen LogP contribution in [0.15, 0.2) is 30.9 Å². The topological polar surface area (TPSA) is 115 Å². The van der Waals surface area contributed by atoms with Crippen LogP contribution in [0.25, 0.3) is 23.0 Å². The third-order valence-electron chi connectivity index (χ3n) is 5.40. The van der Waals surface area contributed by atoms with Crippen molar-refractivity contribution in [2.24, 2.45) is 13.0 Å². The second kappa shape index (κ2) is 7.42. The van der Waals surface area contributed by atoms with Crippen LogP contribution in [0.5, 0.6) is 0 Å². The molecule has 2 aliphatic carbocycles. The summed E-state index contributed by atoms with van der Waals surface area (Å²) in [6, 6.07) is 3.66. The van der Waals surface area contributed by atoms with Gasteiger partial charge in [-0.15, -0.1) is 0 Å². The third-order valence-corrected chi connectivity index (χ3v) is 5.40. The predicted molar refractivity (Wildman–Crippen MR) is 115 cm³/mol. The van der Waals surface area contributed by atoms with Crippen LogP contribution < -0.4 is 10.6 Å². The Labute approximate surface area is 182 Å². The predicted octanol–water partition coefficient (Wildman–Crippen LogP) is 2.08. The number of allylic oxidation sites excluding steroid dienone is 1. The molecule has 0 aromatic carbocycles. The molecule has 0 saturated heterocycles. The molecule has 9 nitrogen and oxygen atoms in total. The lowest BCUT2D eigenvalue weighted by Gasteiger charge is -2.12. The largest absolute Gasteiger partial charge is 0.355 e. The Hall–Kier alpha value is -3.88. The Bertz CT molecular complexity index is 1340. The first kappa shape index (κ1) is 15.9. The van der Waals surface area contributed by atoms with Crippen LogP contribution in [0.2, 0.25) is 0 Å². The van der Waals surface area contributed by atoms with Crippen LogP contribution in [0.3, 0.4) is 0 Å². The number of aryl methyl sites for hydroxylation is 1. The number of amides is 2. The summed E-state index contributed by atoms with van der Waals surface area (Å²) < 4.78 is 23.7. The van der Waals surface area contributed by atoms with Crippen LogP contribution in [0.4, 0.5) is 5.82 Å². The molecule has 0 radical (unpaired) electrons. The van der Waals surface area contributed by atoms with Crippen molar-refractivity contribution in [3.63, 3.8) is 0 Å². The highest BCUT2D eigenvalue weighted by Gasteiger charge is 2.32. The Morgan fingerprint density at radius 3 is 2.87 bits per heavy atom. The summed E-state index contributed by atoms with van der Waals surface area (Å²) in [5, 5.41) is 9.20. The zero-order chi connectivity index (χ0) is 24.0. The molecule has 0 bridgehead atoms. The summed E-state index contributed by atoms with van der Waals surface area (Å²) in [7, 11) is 1.78. The van der Waals surface area contributed by atoms with Gasteiger partial charge in [0.05, 0.1) is 11.3 Å². The molecule has 0 unspecified atom stereocenters. The Kier molecular flexibility index (Phi) is 3.81. The smallest absolute Gasteiger partial charge is 0.253 e. The molecule has 3 aromatic heterocycles. The van der Waals surface area contributed by atoms with Crippen molar-refractivity contribution in [2.45, 2.75) is 19.3 Å². The summed E-state index contributed by atoms with van der Waals surface area (Å²) >= 11 is 0. The molecule has 156 valence electrons. The van der Waals surface area contributed by atoms with Crippen LogP contribution in [0, 0.1) is 5.92 Å². The molecule has 2 N–H and O–H groups in total. The average Bonchev–Trinajstić information content (AvgIpc) is 3.39. The molecule has 3 aromatic rings. The van der Waals surface area contributed by atoms with Gasteiger partial charge in [-0.2, -0.15) is 5.10 Å². The van der Waals surface area contributed by atoms with Gasteiger partial charge in [-0.1, -0.05) is 0 Å². The number of fused-ring (bicyclic) bond motifs is 1. The van der Waals surface area contributed by atoms with Crippen molar-refractivity contribution in [3.8, 4) is 11.4 Å². The Morgan fingerprint density at radius 2 is 2.13 bits per heavy atom. The van der Waals surface area contributed by atoms with Gasteiger partial charge in [0, 0.05) is 54.0 Å². The second-order valence-electron chi connectivity index (χ2n) is 7.65. The normalized spacial score (nSPS) is 16.5. The average molecular weight is 418 g/mol. The molecule has 1 fully saturated rings. The number of nitrogens with one attached hydrogen (secondary N) is 2. The van der Waals surface area contributed by atoms with Crippen molar-refractivity contribution in [2.75, 3.05) is 12.3 Å². The fourth-order valence-electron chi connectivity index (χ4n) is 3.63. The maximum absolute atomic E-state index is 12.7. The van der Waals surface area contributed by atoms with Crippen LogP contribution >= 0.6 is 0 Å². The van der Waals surface area contributed by atoms with E-state index >= 15 is 0 Å². The van der Waals surface area contributed by atoms with Crippen LogP contribution in [-0.4, -0.2) is 43.5 Å². The highest BCUT2D eigenvalue weighted by atomic mass is 16.2. The summed E-state index contributed by atoms with van der Waals surface area (Å²) in [5.74, 6) is 0.0316. The SMILES string of the molecule is [2H]C([2H])([2H])NC(=O)c1cnc(NC(=O)C2CC2)c2c1C=C(c1cc(-c3ncn(C)n3)ccn1)C2. The lowest BCUT2D eigenvalue weighted by molar-refractivity contribution is -0.117. The first-order valence-corrected chi connectivity index (χ1v) is 9.86. The molecule has 0 atom stereocenters. The van der Waals surface area contributed by atoms with E-state index in [2.05, 4.69) is 25.4 Å². The van der Waals surface area contributed by atoms with Gasteiger partial charge in [0.2, 0.25) is 5.91 Å². The van der Waals surface area contributed by atoms with Crippen LogP contribution in [-0.2, 0) is 18.3 Å². The number of pyridine rings is 2. The number of nitrogens with zero attached hydrogens (tertiary/aromatic N) is 5. The molecular formula is C22H21N7O2. The fraction of sp³-hybridized carbons (Fsp3) is 0.273. The van der Waals surface area contributed by atoms with Gasteiger partial charge < -0.3 is 10.6 Å². The number of aromatic nitrogens is 5. The minimum Gasteiger partial charge on any atom is -0.355 e. The Balaban J connectivity index is 1.52. The molecule has 0 spiro atoms. The summed E-state index contributed by atoms with van der Waals surface area (Å²) in [6.07, 6.45) is 8.39. The van der Waals surface area contributed by atoms with Gasteiger partial charge in [-0.25, -0.2) is 9.97 Å². The van der Waals surface area contributed by atoms with Gasteiger partial charge in [0.15, 0.2) is 5.82 Å². The summed E-state index contributed by atoms with van der Waals surface area (Å²) in [5.41, 5.74) is 3.51. The number of carbonyl (C=O) groups excluding carboxylic acids is 2. The number of hydrogen-bond acceptors (Lipinski definition) is 6. The lowest BCUT2D eigenvalue weighted by Crippen LogP contribution is -2.21. The molecule has 2 amide bonds. The third kappa shape index (κ3) is 3.58. The minimum atomic E-state index is -2.64. The summed E-state index contributed by atoms with van der Waals surface area (Å²) in [6.45, 7) is -2.64. The number of anilines is 1. The molecule has 0 aliphatic heterocycles. The van der Waals surface area contributed by atoms with E-state index in [1.165, 1.54) is 6.20 Å². The van der Waals surface area contributed by atoms with Gasteiger partial charge >= 0.3 is 0 Å². The minimum absolute atomic E-state index is 0.0194. The number of hydrogen-bond donors (Lipinski definition) is 2. The summed E-state index contributed by atoms with van der Waals surface area (Å²) in [4.78, 5) is 38.1. The van der Waals surface area contributed by atoms with Gasteiger partial charge in [-0.3, -0.25) is 19.3 Å². The van der Waals surface area contributed by atoms with Crippen molar-refractivity contribution in [1.82, 2.24) is 30.0 Å². The number of rotatable bonds is 5. The zero-order valence-electron chi connectivity index (χ0n) is 19.7. The molecule has 2 aliphatic rings. The quantitative estimate of drug-likeness (QED) is 0.656. The van der Waals surface area contributed by atoms with E-state index in [-0.39, 0.29) is 17.4 Å². The first-order chi connectivity index (χ1) is 16.2. The molecule has 31 heavy (non-hydrogen) atoms. The molecular weight excluding hydrogens is 394 g/mol. The van der Waals surface area contributed by atoms with E-state index in [1.54, 1.807) is 36.4 Å². The molecule has 9 heteroatoms. The Morgan fingerprint density at radius 1 is 1.26 bits per heavy atom. The fourth-order valence-corrected chi connectivity index (χ4v) is 3.63. The van der Waals surface area contributed by atoms with Crippen molar-refractivity contribution < 1.29 is 13.7 Å². The van der Waals surface area contributed by atoms with Gasteiger partial charge in [-0.05, 0) is 42.2 Å². The van der Waals surface area contributed by atoms with Crippen molar-refractivity contribution >= 4 is 29.3 Å². The second-order valence-corrected chi connectivity index (χ2v) is 7.65.